The first kappa shape index (κ1) is 15.1. The number of halogens is 1. The Balaban J connectivity index is 1.73. The van der Waals surface area contributed by atoms with E-state index in [-0.39, 0.29) is 24.3 Å². The lowest BCUT2D eigenvalue weighted by atomic mass is 10.1. The zero-order chi connectivity index (χ0) is 14.4. The maximum atomic E-state index is 11.7. The Morgan fingerprint density at radius 1 is 1.25 bits per heavy atom. The van der Waals surface area contributed by atoms with Crippen LogP contribution in [0.15, 0.2) is 21.2 Å². The highest BCUT2D eigenvalue weighted by Crippen LogP contribution is 2.17. The molecule has 0 aromatic carbocycles. The largest absolute Gasteiger partial charge is 0.450 e. The number of nitrogens with one attached hydrogen (secondary N) is 1. The van der Waals surface area contributed by atoms with Crippen molar-refractivity contribution in [1.82, 2.24) is 5.32 Å². The van der Waals surface area contributed by atoms with Gasteiger partial charge in [-0.3, -0.25) is 4.79 Å². The van der Waals surface area contributed by atoms with Gasteiger partial charge in [-0.25, -0.2) is 4.79 Å². The van der Waals surface area contributed by atoms with Crippen molar-refractivity contribution in [2.24, 2.45) is 0 Å². The smallest absolute Gasteiger partial charge is 0.374 e. The summed E-state index contributed by atoms with van der Waals surface area (Å²) in [5.74, 6) is -0.804. The minimum absolute atomic E-state index is 0.0825. The van der Waals surface area contributed by atoms with E-state index in [1.807, 2.05) is 0 Å². The van der Waals surface area contributed by atoms with Gasteiger partial charge in [0.15, 0.2) is 11.3 Å². The fraction of sp³-hybridized carbons (Fsp3) is 0.571. The summed E-state index contributed by atoms with van der Waals surface area (Å²) in [6, 6.07) is 3.30. The second-order valence-electron chi connectivity index (χ2n) is 4.94. The van der Waals surface area contributed by atoms with E-state index in [4.69, 9.17) is 9.15 Å². The Morgan fingerprint density at radius 2 is 1.95 bits per heavy atom. The van der Waals surface area contributed by atoms with Gasteiger partial charge < -0.3 is 14.5 Å². The van der Waals surface area contributed by atoms with Crippen LogP contribution in [0.4, 0.5) is 0 Å². The molecule has 0 bridgehead atoms. The maximum Gasteiger partial charge on any atom is 0.374 e. The molecule has 0 spiro atoms. The van der Waals surface area contributed by atoms with Crippen molar-refractivity contribution in [2.45, 2.75) is 44.6 Å². The first-order valence-corrected chi connectivity index (χ1v) is 7.66. The summed E-state index contributed by atoms with van der Waals surface area (Å²) in [6.07, 6.45) is 6.76. The molecule has 2 rings (SSSR count). The molecule has 20 heavy (non-hydrogen) atoms. The number of carbonyl (C=O) groups excluding carboxylic acids is 2. The third-order valence-electron chi connectivity index (χ3n) is 3.33. The van der Waals surface area contributed by atoms with Crippen molar-refractivity contribution in [1.29, 1.82) is 0 Å². The predicted molar refractivity (Wildman–Crippen MR) is 76.3 cm³/mol. The number of amides is 1. The molecule has 1 aliphatic rings. The van der Waals surface area contributed by atoms with Crippen LogP contribution in [0.3, 0.4) is 0 Å². The molecule has 1 fully saturated rings. The molecule has 5 nitrogen and oxygen atoms in total. The molecule has 1 N–H and O–H groups in total. The molecule has 1 saturated carbocycles. The van der Waals surface area contributed by atoms with E-state index in [1.165, 1.54) is 18.9 Å². The van der Waals surface area contributed by atoms with E-state index in [9.17, 15) is 9.59 Å². The van der Waals surface area contributed by atoms with Crippen LogP contribution in [0.1, 0.15) is 49.1 Å². The molecule has 0 saturated heterocycles. The summed E-state index contributed by atoms with van der Waals surface area (Å²) in [4.78, 5) is 23.3. The third-order valence-corrected chi connectivity index (χ3v) is 3.76. The van der Waals surface area contributed by atoms with Crippen molar-refractivity contribution in [3.63, 3.8) is 0 Å². The zero-order valence-corrected chi connectivity index (χ0v) is 12.8. The highest BCUT2D eigenvalue weighted by molar-refractivity contribution is 9.10. The van der Waals surface area contributed by atoms with Gasteiger partial charge in [-0.1, -0.05) is 25.7 Å². The number of hydrogen-bond donors (Lipinski definition) is 1. The molecule has 110 valence electrons. The molecular weight excluding hydrogens is 326 g/mol. The Labute approximate surface area is 126 Å². The summed E-state index contributed by atoms with van der Waals surface area (Å²) in [5.41, 5.74) is 0. The van der Waals surface area contributed by atoms with E-state index in [0.717, 1.165) is 25.7 Å². The minimum Gasteiger partial charge on any atom is -0.450 e. The third kappa shape index (κ3) is 4.67. The van der Waals surface area contributed by atoms with Crippen molar-refractivity contribution < 1.29 is 18.7 Å². The molecule has 0 aliphatic heterocycles. The molecule has 0 unspecified atom stereocenters. The highest BCUT2D eigenvalue weighted by atomic mass is 79.9. The van der Waals surface area contributed by atoms with Crippen molar-refractivity contribution in [2.75, 3.05) is 6.61 Å². The molecule has 0 radical (unpaired) electrons. The van der Waals surface area contributed by atoms with Gasteiger partial charge in [-0.15, -0.1) is 0 Å². The SMILES string of the molecule is O=C(COC(=O)c1ccc(Br)o1)NC1CCCCCC1. The van der Waals surface area contributed by atoms with Crippen LogP contribution in [0, 0.1) is 0 Å². The number of esters is 1. The van der Waals surface area contributed by atoms with Crippen molar-refractivity contribution in [3.05, 3.63) is 22.6 Å². The number of carbonyl (C=O) groups is 2. The van der Waals surface area contributed by atoms with Crippen LogP contribution in [-0.4, -0.2) is 24.5 Å². The predicted octanol–water partition coefficient (Wildman–Crippen LogP) is 3.04. The Morgan fingerprint density at radius 3 is 2.55 bits per heavy atom. The lowest BCUT2D eigenvalue weighted by molar-refractivity contribution is -0.125. The van der Waals surface area contributed by atoms with E-state index < -0.39 is 5.97 Å². The average Bonchev–Trinajstić information content (AvgIpc) is 2.70. The number of ether oxygens (including phenoxy) is 1. The van der Waals surface area contributed by atoms with Gasteiger partial charge in [-0.05, 0) is 40.9 Å². The number of hydrogen-bond acceptors (Lipinski definition) is 4. The topological polar surface area (TPSA) is 68.5 Å². The first-order chi connectivity index (χ1) is 9.65. The van der Waals surface area contributed by atoms with Crippen LogP contribution in [-0.2, 0) is 9.53 Å². The minimum atomic E-state index is -0.633. The van der Waals surface area contributed by atoms with E-state index in [2.05, 4.69) is 21.2 Å². The van der Waals surface area contributed by atoms with Gasteiger partial charge >= 0.3 is 5.97 Å². The van der Waals surface area contributed by atoms with E-state index in [1.54, 1.807) is 6.07 Å². The second-order valence-corrected chi connectivity index (χ2v) is 5.72. The molecule has 1 aromatic heterocycles. The lowest BCUT2D eigenvalue weighted by Gasteiger charge is -2.15. The fourth-order valence-electron chi connectivity index (χ4n) is 2.32. The van der Waals surface area contributed by atoms with Gasteiger partial charge in [0.1, 0.15) is 0 Å². The Hall–Kier alpha value is -1.30. The van der Waals surface area contributed by atoms with Crippen LogP contribution in [0.5, 0.6) is 0 Å². The highest BCUT2D eigenvalue weighted by Gasteiger charge is 2.17. The summed E-state index contributed by atoms with van der Waals surface area (Å²) >= 11 is 3.10. The molecule has 1 aromatic rings. The normalized spacial score (nSPS) is 16.4. The molecule has 1 amide bonds. The van der Waals surface area contributed by atoms with Gasteiger partial charge in [0.25, 0.3) is 5.91 Å². The average molecular weight is 344 g/mol. The standard InChI is InChI=1S/C14H18BrNO4/c15-12-8-7-11(20-12)14(18)19-9-13(17)16-10-5-3-1-2-4-6-10/h7-8,10H,1-6,9H2,(H,16,17). The fourth-order valence-corrected chi connectivity index (χ4v) is 2.63. The van der Waals surface area contributed by atoms with Crippen LogP contribution >= 0.6 is 15.9 Å². The summed E-state index contributed by atoms with van der Waals surface area (Å²) in [6.45, 7) is -0.270. The Bertz CT molecular complexity index is 463. The van der Waals surface area contributed by atoms with Crippen molar-refractivity contribution >= 4 is 27.8 Å². The van der Waals surface area contributed by atoms with Crippen LogP contribution in [0.25, 0.3) is 0 Å². The van der Waals surface area contributed by atoms with Crippen molar-refractivity contribution in [3.8, 4) is 0 Å². The lowest BCUT2D eigenvalue weighted by Crippen LogP contribution is -2.37. The Kier molecular flexibility index (Phi) is 5.64. The molecule has 0 atom stereocenters. The second kappa shape index (κ2) is 7.47. The van der Waals surface area contributed by atoms with Gasteiger partial charge in [0.2, 0.25) is 5.76 Å². The summed E-state index contributed by atoms with van der Waals surface area (Å²) in [7, 11) is 0. The number of rotatable bonds is 4. The van der Waals surface area contributed by atoms with E-state index in [0.29, 0.717) is 4.67 Å². The molecular formula is C14H18BrNO4. The first-order valence-electron chi connectivity index (χ1n) is 6.87. The van der Waals surface area contributed by atoms with Gasteiger partial charge in [-0.2, -0.15) is 0 Å². The van der Waals surface area contributed by atoms with Crippen LogP contribution < -0.4 is 5.32 Å². The maximum absolute atomic E-state index is 11.7. The molecule has 6 heteroatoms. The quantitative estimate of drug-likeness (QED) is 0.673. The van der Waals surface area contributed by atoms with Gasteiger partial charge in [0, 0.05) is 6.04 Å². The summed E-state index contributed by atoms with van der Waals surface area (Å²) < 4.78 is 10.4. The van der Waals surface area contributed by atoms with E-state index >= 15 is 0 Å². The molecule has 1 aliphatic carbocycles. The summed E-state index contributed by atoms with van der Waals surface area (Å²) in [5, 5.41) is 2.91. The van der Waals surface area contributed by atoms with Crippen LogP contribution in [0.2, 0.25) is 0 Å². The number of furan rings is 1. The monoisotopic (exact) mass is 343 g/mol. The van der Waals surface area contributed by atoms with Gasteiger partial charge in [0.05, 0.1) is 0 Å². The molecule has 1 heterocycles. The zero-order valence-electron chi connectivity index (χ0n) is 11.2.